The van der Waals surface area contributed by atoms with Gasteiger partial charge in [-0.25, -0.2) is 0 Å². The van der Waals surface area contributed by atoms with Crippen molar-refractivity contribution in [3.8, 4) is 11.5 Å². The van der Waals surface area contributed by atoms with Gasteiger partial charge in [0.15, 0.2) is 0 Å². The molecule has 0 bridgehead atoms. The van der Waals surface area contributed by atoms with E-state index >= 15 is 0 Å². The SMILES string of the molecule is CC(C)CCCC1=CCc2c(c(OCC(C)O)c3ccccc3c2OCC(C)O)C1. The van der Waals surface area contributed by atoms with Crippen molar-refractivity contribution >= 4 is 10.8 Å². The summed E-state index contributed by atoms with van der Waals surface area (Å²) < 4.78 is 12.3. The lowest BCUT2D eigenvalue weighted by molar-refractivity contribution is 0.121. The summed E-state index contributed by atoms with van der Waals surface area (Å²) >= 11 is 0. The Hall–Kier alpha value is -2.04. The fourth-order valence-electron chi connectivity index (χ4n) is 4.09. The van der Waals surface area contributed by atoms with Crippen molar-refractivity contribution in [2.45, 2.75) is 72.0 Å². The van der Waals surface area contributed by atoms with Gasteiger partial charge in [0.1, 0.15) is 24.7 Å². The average molecular weight is 413 g/mol. The predicted octanol–water partition coefficient (Wildman–Crippen LogP) is 5.21. The van der Waals surface area contributed by atoms with E-state index in [1.165, 1.54) is 18.4 Å². The van der Waals surface area contributed by atoms with E-state index in [4.69, 9.17) is 9.47 Å². The zero-order chi connectivity index (χ0) is 21.7. The Balaban J connectivity index is 2.02. The van der Waals surface area contributed by atoms with Crippen molar-refractivity contribution in [2.75, 3.05) is 13.2 Å². The molecule has 30 heavy (non-hydrogen) atoms. The molecule has 2 aromatic carbocycles. The van der Waals surface area contributed by atoms with E-state index in [0.717, 1.165) is 58.6 Å². The van der Waals surface area contributed by atoms with Crippen LogP contribution in [0.4, 0.5) is 0 Å². The van der Waals surface area contributed by atoms with Gasteiger partial charge in [0, 0.05) is 21.9 Å². The van der Waals surface area contributed by atoms with Gasteiger partial charge in [0.2, 0.25) is 0 Å². The van der Waals surface area contributed by atoms with Gasteiger partial charge in [-0.15, -0.1) is 0 Å². The summed E-state index contributed by atoms with van der Waals surface area (Å²) in [6, 6.07) is 8.10. The number of aliphatic hydroxyl groups excluding tert-OH is 2. The molecular weight excluding hydrogens is 376 g/mol. The van der Waals surface area contributed by atoms with E-state index in [1.807, 2.05) is 18.2 Å². The normalized spacial score (nSPS) is 15.6. The molecule has 1 aliphatic carbocycles. The van der Waals surface area contributed by atoms with Crippen LogP contribution >= 0.6 is 0 Å². The monoisotopic (exact) mass is 412 g/mol. The van der Waals surface area contributed by atoms with Crippen LogP contribution in [0, 0.1) is 5.92 Å². The molecule has 2 unspecified atom stereocenters. The van der Waals surface area contributed by atoms with Crippen molar-refractivity contribution in [1.29, 1.82) is 0 Å². The third-order valence-corrected chi connectivity index (χ3v) is 5.54. The minimum Gasteiger partial charge on any atom is -0.490 e. The van der Waals surface area contributed by atoms with E-state index in [-0.39, 0.29) is 13.2 Å². The van der Waals surface area contributed by atoms with Crippen LogP contribution in [0.3, 0.4) is 0 Å². The molecule has 2 N–H and O–H groups in total. The molecule has 0 aromatic heterocycles. The van der Waals surface area contributed by atoms with E-state index in [0.29, 0.717) is 0 Å². The minimum atomic E-state index is -0.532. The molecule has 0 saturated heterocycles. The van der Waals surface area contributed by atoms with Gasteiger partial charge in [-0.1, -0.05) is 56.2 Å². The van der Waals surface area contributed by atoms with Crippen LogP contribution in [0.15, 0.2) is 35.9 Å². The zero-order valence-electron chi connectivity index (χ0n) is 18.8. The van der Waals surface area contributed by atoms with Gasteiger partial charge in [0.05, 0.1) is 12.2 Å². The summed E-state index contributed by atoms with van der Waals surface area (Å²) in [5.41, 5.74) is 3.75. The highest BCUT2D eigenvalue weighted by Gasteiger charge is 2.25. The summed E-state index contributed by atoms with van der Waals surface area (Å²) in [6.45, 7) is 8.54. The second kappa shape index (κ2) is 10.3. The molecule has 0 amide bonds. The van der Waals surface area contributed by atoms with Crippen LogP contribution in [-0.2, 0) is 12.8 Å². The zero-order valence-corrected chi connectivity index (χ0v) is 18.8. The number of aliphatic hydroxyl groups is 2. The molecule has 4 heteroatoms. The Morgan fingerprint density at radius 2 is 1.43 bits per heavy atom. The van der Waals surface area contributed by atoms with E-state index < -0.39 is 12.2 Å². The topological polar surface area (TPSA) is 58.9 Å². The first kappa shape index (κ1) is 22.6. The third kappa shape index (κ3) is 5.55. The van der Waals surface area contributed by atoms with Crippen molar-refractivity contribution in [2.24, 2.45) is 5.92 Å². The Morgan fingerprint density at radius 1 is 0.867 bits per heavy atom. The molecule has 164 valence electrons. The van der Waals surface area contributed by atoms with Gasteiger partial charge in [-0.05, 0) is 45.4 Å². The fraction of sp³-hybridized carbons (Fsp3) is 0.538. The van der Waals surface area contributed by atoms with Crippen molar-refractivity contribution in [1.82, 2.24) is 0 Å². The number of fused-ring (bicyclic) bond motifs is 2. The Labute approximate surface area is 180 Å². The molecule has 0 fully saturated rings. The highest BCUT2D eigenvalue weighted by Crippen LogP contribution is 2.44. The minimum absolute atomic E-state index is 0.259. The first-order valence-electron chi connectivity index (χ1n) is 11.2. The molecule has 2 aromatic rings. The van der Waals surface area contributed by atoms with E-state index in [1.54, 1.807) is 13.8 Å². The standard InChI is InChI=1S/C26H36O4/c1-17(2)8-7-9-20-12-13-23-24(14-20)26(30-16-19(4)28)22-11-6-5-10-21(22)25(23)29-15-18(3)27/h5-6,10-12,17-19,27-28H,7-9,13-16H2,1-4H3. The molecule has 0 radical (unpaired) electrons. The van der Waals surface area contributed by atoms with E-state index in [2.05, 4.69) is 26.0 Å². The lowest BCUT2D eigenvalue weighted by Crippen LogP contribution is -2.18. The quantitative estimate of drug-likeness (QED) is 0.526. The molecular formula is C26H36O4. The number of ether oxygens (including phenoxy) is 2. The van der Waals surface area contributed by atoms with Gasteiger partial charge >= 0.3 is 0 Å². The molecule has 3 rings (SSSR count). The number of hydrogen-bond donors (Lipinski definition) is 2. The largest absolute Gasteiger partial charge is 0.490 e. The Kier molecular flexibility index (Phi) is 7.79. The van der Waals surface area contributed by atoms with Crippen LogP contribution in [0.5, 0.6) is 11.5 Å². The van der Waals surface area contributed by atoms with Crippen molar-refractivity contribution in [3.05, 3.63) is 47.0 Å². The lowest BCUT2D eigenvalue weighted by atomic mass is 9.85. The molecule has 0 spiro atoms. The summed E-state index contributed by atoms with van der Waals surface area (Å²) in [7, 11) is 0. The molecule has 4 nitrogen and oxygen atoms in total. The van der Waals surface area contributed by atoms with Gasteiger partial charge < -0.3 is 19.7 Å². The Morgan fingerprint density at radius 3 is 1.97 bits per heavy atom. The smallest absolute Gasteiger partial charge is 0.131 e. The van der Waals surface area contributed by atoms with Crippen LogP contribution in [0.2, 0.25) is 0 Å². The summed E-state index contributed by atoms with van der Waals surface area (Å²) in [4.78, 5) is 0. The highest BCUT2D eigenvalue weighted by atomic mass is 16.5. The second-order valence-corrected chi connectivity index (χ2v) is 9.01. The van der Waals surface area contributed by atoms with Gasteiger partial charge in [0.25, 0.3) is 0 Å². The number of hydrogen-bond acceptors (Lipinski definition) is 4. The summed E-state index contributed by atoms with van der Waals surface area (Å²) in [5.74, 6) is 2.43. The first-order chi connectivity index (χ1) is 14.4. The molecule has 0 heterocycles. The van der Waals surface area contributed by atoms with Gasteiger partial charge in [-0.3, -0.25) is 0 Å². The molecule has 0 saturated carbocycles. The van der Waals surface area contributed by atoms with Crippen molar-refractivity contribution < 1.29 is 19.7 Å². The molecule has 0 aliphatic heterocycles. The maximum absolute atomic E-state index is 9.82. The van der Waals surface area contributed by atoms with Gasteiger partial charge in [-0.2, -0.15) is 0 Å². The van der Waals surface area contributed by atoms with E-state index in [9.17, 15) is 10.2 Å². The highest BCUT2D eigenvalue weighted by molar-refractivity contribution is 5.96. The summed E-state index contributed by atoms with van der Waals surface area (Å²) in [6.07, 6.45) is 6.45. The van der Waals surface area contributed by atoms with Crippen LogP contribution in [0.25, 0.3) is 10.8 Å². The average Bonchev–Trinajstić information content (AvgIpc) is 2.69. The molecule has 2 atom stereocenters. The number of benzene rings is 2. The van der Waals surface area contributed by atoms with Crippen LogP contribution in [-0.4, -0.2) is 35.6 Å². The lowest BCUT2D eigenvalue weighted by Gasteiger charge is -2.26. The number of allylic oxidation sites excluding steroid dienone is 2. The summed E-state index contributed by atoms with van der Waals surface area (Å²) in [5, 5.41) is 21.6. The Bertz CT molecular complexity index is 880. The van der Waals surface area contributed by atoms with Crippen LogP contribution < -0.4 is 9.47 Å². The second-order valence-electron chi connectivity index (χ2n) is 9.01. The number of rotatable bonds is 10. The first-order valence-corrected chi connectivity index (χ1v) is 11.2. The molecule has 1 aliphatic rings. The maximum Gasteiger partial charge on any atom is 0.131 e. The van der Waals surface area contributed by atoms with Crippen molar-refractivity contribution in [3.63, 3.8) is 0 Å². The fourth-order valence-corrected chi connectivity index (χ4v) is 4.09. The predicted molar refractivity (Wildman–Crippen MR) is 122 cm³/mol. The maximum atomic E-state index is 9.82. The van der Waals surface area contributed by atoms with Crippen LogP contribution in [0.1, 0.15) is 58.1 Å². The third-order valence-electron chi connectivity index (χ3n) is 5.54.